The molecule has 6 heteroatoms. The van der Waals surface area contributed by atoms with Crippen LogP contribution in [-0.2, 0) is 0 Å². The second kappa shape index (κ2) is 5.38. The highest BCUT2D eigenvalue weighted by atomic mass is 35.5. The summed E-state index contributed by atoms with van der Waals surface area (Å²) in [5.41, 5.74) is 3.89. The number of benzene rings is 1. The first-order valence-electron chi connectivity index (χ1n) is 4.88. The highest BCUT2D eigenvalue weighted by Crippen LogP contribution is 2.20. The summed E-state index contributed by atoms with van der Waals surface area (Å²) in [5, 5.41) is 7.76. The van der Waals surface area contributed by atoms with Crippen LogP contribution in [0, 0.1) is 0 Å². The van der Waals surface area contributed by atoms with Gasteiger partial charge < -0.3 is 5.43 Å². The summed E-state index contributed by atoms with van der Waals surface area (Å²) in [6, 6.07) is 11.3. The van der Waals surface area contributed by atoms with E-state index in [1.807, 2.05) is 30.3 Å². The Labute approximate surface area is 103 Å². The molecular formula is C11H10ClN5. The lowest BCUT2D eigenvalue weighted by atomic mass is 10.2. The van der Waals surface area contributed by atoms with Gasteiger partial charge in [0.15, 0.2) is 11.0 Å². The molecule has 0 aliphatic heterocycles. The molecule has 1 aromatic carbocycles. The van der Waals surface area contributed by atoms with Crippen molar-refractivity contribution in [2.24, 2.45) is 10.8 Å². The average molecular weight is 248 g/mol. The first kappa shape index (κ1) is 11.5. The number of aliphatic imine (C=N–C) groups is 1. The molecule has 0 spiro atoms. The molecule has 1 aromatic heterocycles. The number of nitrogens with one attached hydrogen (secondary N) is 1. The summed E-state index contributed by atoms with van der Waals surface area (Å²) < 4.78 is 0. The number of hydrogen-bond acceptors (Lipinski definition) is 5. The van der Waals surface area contributed by atoms with Crippen LogP contribution in [0.3, 0.4) is 0 Å². The standard InChI is InChI=1S/C11H10ClN5/c12-11-9(15-13)6-10(16-17-11)14-7-8-4-2-1-3-5-8/h1-7H,13H2,(H,15,16). The zero-order valence-electron chi connectivity index (χ0n) is 8.84. The summed E-state index contributed by atoms with van der Waals surface area (Å²) >= 11 is 5.75. The number of nitrogens with zero attached hydrogens (tertiary/aromatic N) is 3. The quantitative estimate of drug-likeness (QED) is 0.495. The van der Waals surface area contributed by atoms with Crippen LogP contribution in [0.25, 0.3) is 0 Å². The third-order valence-electron chi connectivity index (χ3n) is 2.04. The summed E-state index contributed by atoms with van der Waals surface area (Å²) in [6.45, 7) is 0. The van der Waals surface area contributed by atoms with Crippen LogP contribution in [-0.4, -0.2) is 16.4 Å². The van der Waals surface area contributed by atoms with E-state index in [1.165, 1.54) is 0 Å². The topological polar surface area (TPSA) is 76.2 Å². The maximum atomic E-state index is 5.75. The maximum Gasteiger partial charge on any atom is 0.176 e. The van der Waals surface area contributed by atoms with Crippen molar-refractivity contribution in [3.05, 3.63) is 47.1 Å². The largest absolute Gasteiger partial charge is 0.321 e. The fourth-order valence-electron chi connectivity index (χ4n) is 1.21. The Morgan fingerprint density at radius 3 is 2.71 bits per heavy atom. The minimum atomic E-state index is 0.214. The van der Waals surface area contributed by atoms with Gasteiger partial charge in [0, 0.05) is 12.3 Å². The SMILES string of the molecule is NNc1cc(N=Cc2ccccc2)nnc1Cl. The van der Waals surface area contributed by atoms with Crippen molar-refractivity contribution in [3.8, 4) is 0 Å². The van der Waals surface area contributed by atoms with Crippen molar-refractivity contribution in [2.75, 3.05) is 5.43 Å². The highest BCUT2D eigenvalue weighted by molar-refractivity contribution is 6.31. The Morgan fingerprint density at radius 2 is 2.00 bits per heavy atom. The molecule has 0 aliphatic rings. The molecule has 86 valence electrons. The number of nitrogen functional groups attached to an aromatic ring is 1. The van der Waals surface area contributed by atoms with Crippen molar-refractivity contribution >= 4 is 29.3 Å². The van der Waals surface area contributed by atoms with Crippen molar-refractivity contribution in [2.45, 2.75) is 0 Å². The van der Waals surface area contributed by atoms with Gasteiger partial charge in [-0.3, -0.25) is 5.84 Å². The molecule has 0 fully saturated rings. The minimum Gasteiger partial charge on any atom is -0.321 e. The fourth-order valence-corrected chi connectivity index (χ4v) is 1.36. The van der Waals surface area contributed by atoms with Gasteiger partial charge >= 0.3 is 0 Å². The zero-order chi connectivity index (χ0) is 12.1. The lowest BCUT2D eigenvalue weighted by Crippen LogP contribution is -2.08. The zero-order valence-corrected chi connectivity index (χ0v) is 9.59. The van der Waals surface area contributed by atoms with Crippen LogP contribution in [0.1, 0.15) is 5.56 Å². The molecule has 1 heterocycles. The molecule has 2 rings (SSSR count). The first-order chi connectivity index (χ1) is 8.29. The van der Waals surface area contributed by atoms with Crippen molar-refractivity contribution in [1.82, 2.24) is 10.2 Å². The van der Waals surface area contributed by atoms with Gasteiger partial charge in [-0.05, 0) is 5.56 Å². The van der Waals surface area contributed by atoms with Crippen molar-refractivity contribution in [1.29, 1.82) is 0 Å². The van der Waals surface area contributed by atoms with E-state index in [-0.39, 0.29) is 5.15 Å². The Bertz CT molecular complexity index is 527. The molecule has 0 bridgehead atoms. The van der Waals surface area contributed by atoms with Crippen LogP contribution >= 0.6 is 11.6 Å². The minimum absolute atomic E-state index is 0.214. The summed E-state index contributed by atoms with van der Waals surface area (Å²) in [4.78, 5) is 4.17. The molecule has 0 aliphatic carbocycles. The van der Waals surface area contributed by atoms with E-state index in [0.29, 0.717) is 11.5 Å². The number of rotatable bonds is 3. The summed E-state index contributed by atoms with van der Waals surface area (Å²) in [5.74, 6) is 5.71. The molecule has 0 radical (unpaired) electrons. The van der Waals surface area contributed by atoms with Gasteiger partial charge in [-0.15, -0.1) is 10.2 Å². The van der Waals surface area contributed by atoms with E-state index >= 15 is 0 Å². The maximum absolute atomic E-state index is 5.75. The van der Waals surface area contributed by atoms with E-state index < -0.39 is 0 Å². The molecule has 0 unspecified atom stereocenters. The number of halogens is 1. The van der Waals surface area contributed by atoms with E-state index in [4.69, 9.17) is 17.4 Å². The number of nitrogens with two attached hydrogens (primary N) is 1. The monoisotopic (exact) mass is 247 g/mol. The van der Waals surface area contributed by atoms with Crippen LogP contribution in [0.4, 0.5) is 11.5 Å². The normalized spacial score (nSPS) is 10.7. The second-order valence-electron chi connectivity index (χ2n) is 3.22. The van der Waals surface area contributed by atoms with Crippen LogP contribution in [0.2, 0.25) is 5.15 Å². The first-order valence-corrected chi connectivity index (χ1v) is 5.26. The van der Waals surface area contributed by atoms with E-state index in [1.54, 1.807) is 12.3 Å². The summed E-state index contributed by atoms with van der Waals surface area (Å²) in [7, 11) is 0. The Hall–Kier alpha value is -1.98. The molecule has 0 amide bonds. The summed E-state index contributed by atoms with van der Waals surface area (Å²) in [6.07, 6.45) is 1.69. The van der Waals surface area contributed by atoms with E-state index in [2.05, 4.69) is 20.6 Å². The molecule has 5 nitrogen and oxygen atoms in total. The van der Waals surface area contributed by atoms with Crippen LogP contribution < -0.4 is 11.3 Å². The van der Waals surface area contributed by atoms with Crippen molar-refractivity contribution < 1.29 is 0 Å². The highest BCUT2D eigenvalue weighted by Gasteiger charge is 2.01. The van der Waals surface area contributed by atoms with Crippen LogP contribution in [0.5, 0.6) is 0 Å². The molecule has 17 heavy (non-hydrogen) atoms. The molecule has 2 aromatic rings. The lowest BCUT2D eigenvalue weighted by Gasteiger charge is -2.01. The van der Waals surface area contributed by atoms with Crippen molar-refractivity contribution in [3.63, 3.8) is 0 Å². The van der Waals surface area contributed by atoms with Gasteiger partial charge in [0.1, 0.15) is 0 Å². The Balaban J connectivity index is 2.22. The predicted molar refractivity (Wildman–Crippen MR) is 68.5 cm³/mol. The number of aromatic nitrogens is 2. The lowest BCUT2D eigenvalue weighted by molar-refractivity contribution is 1.02. The second-order valence-corrected chi connectivity index (χ2v) is 3.58. The van der Waals surface area contributed by atoms with Gasteiger partial charge in [0.05, 0.1) is 5.69 Å². The molecular weight excluding hydrogens is 238 g/mol. The average Bonchev–Trinajstić information content (AvgIpc) is 2.39. The van der Waals surface area contributed by atoms with E-state index in [9.17, 15) is 0 Å². The third kappa shape index (κ3) is 2.99. The molecule has 0 atom stereocenters. The van der Waals surface area contributed by atoms with Gasteiger partial charge in [0.25, 0.3) is 0 Å². The van der Waals surface area contributed by atoms with Crippen LogP contribution in [0.15, 0.2) is 41.4 Å². The Kier molecular flexibility index (Phi) is 3.64. The molecule has 0 saturated carbocycles. The smallest absolute Gasteiger partial charge is 0.176 e. The Morgan fingerprint density at radius 1 is 1.24 bits per heavy atom. The van der Waals surface area contributed by atoms with Gasteiger partial charge in [-0.25, -0.2) is 4.99 Å². The van der Waals surface area contributed by atoms with E-state index in [0.717, 1.165) is 5.56 Å². The molecule has 3 N–H and O–H groups in total. The number of anilines is 1. The third-order valence-corrected chi connectivity index (χ3v) is 2.32. The predicted octanol–water partition coefficient (Wildman–Crippen LogP) is 2.17. The number of hydrogen-bond donors (Lipinski definition) is 2. The van der Waals surface area contributed by atoms with Gasteiger partial charge in [-0.2, -0.15) is 0 Å². The number of hydrazine groups is 1. The molecule has 0 saturated heterocycles. The van der Waals surface area contributed by atoms with Gasteiger partial charge in [-0.1, -0.05) is 41.9 Å². The fraction of sp³-hybridized carbons (Fsp3) is 0. The van der Waals surface area contributed by atoms with Gasteiger partial charge in [0.2, 0.25) is 0 Å².